The van der Waals surface area contributed by atoms with Crippen molar-refractivity contribution in [3.63, 3.8) is 0 Å². The molecule has 23 heavy (non-hydrogen) atoms. The van der Waals surface area contributed by atoms with Gasteiger partial charge in [-0.1, -0.05) is 30.3 Å². The van der Waals surface area contributed by atoms with Gasteiger partial charge < -0.3 is 38.2 Å². The Morgan fingerprint density at radius 2 is 1.78 bits per heavy atom. The van der Waals surface area contributed by atoms with Crippen LogP contribution in [0, 0.1) is 6.67 Å². The molecule has 0 saturated carbocycles. The van der Waals surface area contributed by atoms with Crippen molar-refractivity contribution in [2.24, 2.45) is 0 Å². The zero-order valence-corrected chi connectivity index (χ0v) is 18.4. The molecule has 0 aliphatic carbocycles. The molecule has 3 aromatic rings. The van der Waals surface area contributed by atoms with Crippen LogP contribution in [-0.2, 0) is 17.3 Å². The molecule has 0 fully saturated rings. The van der Waals surface area contributed by atoms with E-state index in [1.807, 2.05) is 31.2 Å². The maximum Gasteiger partial charge on any atom is -1.00 e. The standard InChI is InChI=1S/C17H16N2O.Ag.2HI/c1-12-10-19(11-18(12)2)15-8-5-7-14-13-6-3-4-9-16(13)20-17(14)15;;;/h3-11,19H,1-2H3;;2*1H/q;+1;;/p-2. The van der Waals surface area contributed by atoms with E-state index in [4.69, 9.17) is 4.42 Å². The molecule has 1 N–H and O–H groups in total. The Morgan fingerprint density at radius 1 is 1.09 bits per heavy atom. The molecule has 3 nitrogen and oxygen atoms in total. The summed E-state index contributed by atoms with van der Waals surface area (Å²) in [7, 11) is 2.07. The van der Waals surface area contributed by atoms with E-state index in [0.717, 1.165) is 16.9 Å². The summed E-state index contributed by atoms with van der Waals surface area (Å²) in [6.07, 6.45) is 2.20. The molecule has 126 valence electrons. The number of allylic oxidation sites excluding steroid dienone is 1. The van der Waals surface area contributed by atoms with Crippen LogP contribution in [0.25, 0.3) is 21.9 Å². The van der Waals surface area contributed by atoms with Crippen molar-refractivity contribution in [3.8, 4) is 0 Å². The summed E-state index contributed by atoms with van der Waals surface area (Å²) in [5.41, 5.74) is 4.32. The second-order valence-electron chi connectivity index (χ2n) is 5.26. The number of quaternary nitrogens is 1. The first-order valence-corrected chi connectivity index (χ1v) is 11.3. The summed E-state index contributed by atoms with van der Waals surface area (Å²) >= 11 is 4.88. The molecule has 1 atom stereocenters. The van der Waals surface area contributed by atoms with Gasteiger partial charge in [-0.25, -0.2) is 0 Å². The Kier molecular flexibility index (Phi) is 7.00. The molecule has 0 bridgehead atoms. The number of fused-ring (bicyclic) bond motifs is 3. The number of rotatable bonds is 1. The van der Waals surface area contributed by atoms with Crippen molar-refractivity contribution >= 4 is 46.6 Å². The fraction of sp³-hybridized carbons (Fsp3) is 0.118. The molecule has 6 heteroatoms. The minimum atomic E-state index is 0. The molecule has 2 heterocycles. The van der Waals surface area contributed by atoms with Gasteiger partial charge in [-0.15, -0.1) is 0 Å². The topological polar surface area (TPSA) is 20.8 Å². The van der Waals surface area contributed by atoms with Gasteiger partial charge >= 0.3 is 36.3 Å². The third-order valence-corrected chi connectivity index (χ3v) is 3.97. The Labute approximate surface area is 175 Å². The van der Waals surface area contributed by atoms with Gasteiger partial charge in [-0.05, 0) is 26.7 Å². The van der Waals surface area contributed by atoms with Crippen LogP contribution < -0.4 is 28.9 Å². The third kappa shape index (κ3) is 3.64. The van der Waals surface area contributed by atoms with Gasteiger partial charge in [0.2, 0.25) is 0 Å². The zero-order valence-electron chi connectivity index (χ0n) is 12.6. The fourth-order valence-corrected chi connectivity index (χ4v) is 2.80. The maximum absolute atomic E-state index is 6.08. The van der Waals surface area contributed by atoms with Crippen molar-refractivity contribution in [2.75, 3.05) is 7.05 Å². The van der Waals surface area contributed by atoms with Crippen molar-refractivity contribution in [1.82, 2.24) is 4.90 Å². The SMILES string of the molecule is CC1=C[NH+](c2cccc3c2oc2ccccc23)[CH-]N1C.[Ag][I].[I-]. The molecule has 0 radical (unpaired) electrons. The fourth-order valence-electron chi connectivity index (χ4n) is 2.80. The van der Waals surface area contributed by atoms with E-state index in [9.17, 15) is 0 Å². The van der Waals surface area contributed by atoms with Crippen LogP contribution >= 0.6 is 19.0 Å². The average molecular weight is 626 g/mol. The second-order valence-corrected chi connectivity index (χ2v) is 5.26. The minimum Gasteiger partial charge on any atom is -1.00 e. The molecule has 2 aromatic carbocycles. The van der Waals surface area contributed by atoms with E-state index in [2.05, 4.69) is 79.3 Å². The summed E-state index contributed by atoms with van der Waals surface area (Å²) in [4.78, 5) is 3.34. The van der Waals surface area contributed by atoms with E-state index in [0.29, 0.717) is 0 Å². The monoisotopic (exact) mass is 625 g/mol. The zero-order chi connectivity index (χ0) is 15.7. The largest absolute Gasteiger partial charge is 1.00 e. The molecule has 1 aliphatic rings. The molecule has 1 aliphatic heterocycles. The van der Waals surface area contributed by atoms with Gasteiger partial charge in [0.1, 0.15) is 5.58 Å². The second kappa shape index (κ2) is 8.35. The molecule has 0 spiro atoms. The van der Waals surface area contributed by atoms with Crippen LogP contribution in [0.5, 0.6) is 0 Å². The Balaban J connectivity index is 0.000000617. The predicted molar refractivity (Wildman–Crippen MR) is 94.2 cm³/mol. The van der Waals surface area contributed by atoms with Crippen LogP contribution in [0.3, 0.4) is 0 Å². The number of nitrogens with zero attached hydrogens (tertiary/aromatic N) is 1. The van der Waals surface area contributed by atoms with Crippen LogP contribution in [0.2, 0.25) is 0 Å². The van der Waals surface area contributed by atoms with Crippen molar-refractivity contribution < 1.29 is 50.5 Å². The summed E-state index contributed by atoms with van der Waals surface area (Å²) in [6.45, 7) is 4.26. The van der Waals surface area contributed by atoms with Crippen LogP contribution in [0.4, 0.5) is 5.69 Å². The van der Waals surface area contributed by atoms with Crippen LogP contribution in [-0.4, -0.2) is 11.9 Å². The van der Waals surface area contributed by atoms with Gasteiger partial charge in [-0.2, -0.15) is 0 Å². The number of benzene rings is 2. The molecular formula is C17H16AgI2N2O-. The number of halogens is 2. The summed E-state index contributed by atoms with van der Waals surface area (Å²) < 4.78 is 6.08. The predicted octanol–water partition coefficient (Wildman–Crippen LogP) is 0.916. The number of para-hydroxylation sites is 2. The van der Waals surface area contributed by atoms with Crippen molar-refractivity contribution in [1.29, 1.82) is 0 Å². The van der Waals surface area contributed by atoms with Gasteiger partial charge in [0.15, 0.2) is 11.3 Å². The van der Waals surface area contributed by atoms with Gasteiger partial charge in [0.25, 0.3) is 0 Å². The van der Waals surface area contributed by atoms with Gasteiger partial charge in [-0.3, -0.25) is 0 Å². The van der Waals surface area contributed by atoms with E-state index >= 15 is 0 Å². The summed E-state index contributed by atoms with van der Waals surface area (Å²) in [5.74, 6) is 0. The maximum atomic E-state index is 6.08. The Hall–Kier alpha value is -0.0597. The van der Waals surface area contributed by atoms with E-state index in [1.54, 1.807) is 0 Å². The van der Waals surface area contributed by atoms with Crippen molar-refractivity contribution in [3.05, 3.63) is 61.0 Å². The van der Waals surface area contributed by atoms with Crippen LogP contribution in [0.1, 0.15) is 6.92 Å². The summed E-state index contributed by atoms with van der Waals surface area (Å²) in [6, 6.07) is 14.5. The Bertz CT molecular complexity index is 847. The van der Waals surface area contributed by atoms with E-state index in [1.165, 1.54) is 21.4 Å². The number of hydrogen-bond donors (Lipinski definition) is 1. The van der Waals surface area contributed by atoms with Crippen molar-refractivity contribution in [2.45, 2.75) is 6.92 Å². The smallest absolute Gasteiger partial charge is 1.00 e. The first kappa shape index (κ1) is 19.3. The molecular weight excluding hydrogens is 610 g/mol. The van der Waals surface area contributed by atoms with Crippen LogP contribution in [0.15, 0.2) is 58.8 Å². The molecule has 0 amide bonds. The minimum absolute atomic E-state index is 0. The van der Waals surface area contributed by atoms with E-state index < -0.39 is 0 Å². The molecule has 1 aromatic heterocycles. The first-order chi connectivity index (χ1) is 10.7. The summed E-state index contributed by atoms with van der Waals surface area (Å²) in [5, 5.41) is 2.36. The number of furan rings is 1. The third-order valence-electron chi connectivity index (χ3n) is 3.97. The van der Waals surface area contributed by atoms with Gasteiger partial charge in [0, 0.05) is 22.5 Å². The molecule has 1 unspecified atom stereocenters. The number of nitrogens with one attached hydrogen (secondary N) is 1. The first-order valence-electron chi connectivity index (χ1n) is 6.89. The molecule has 4 rings (SSSR count). The quantitative estimate of drug-likeness (QED) is 0.247. The normalized spacial score (nSPS) is 16.8. The number of hydrogen-bond acceptors (Lipinski definition) is 2. The van der Waals surface area contributed by atoms with Gasteiger partial charge in [0.05, 0.1) is 6.20 Å². The van der Waals surface area contributed by atoms with E-state index in [-0.39, 0.29) is 24.0 Å². The average Bonchev–Trinajstić information content (AvgIpc) is 3.09. The Morgan fingerprint density at radius 3 is 2.48 bits per heavy atom. The molecule has 0 saturated heterocycles.